The Kier molecular flexibility index (Phi) is 4.70. The lowest BCUT2D eigenvalue weighted by atomic mass is 10.3. The van der Waals surface area contributed by atoms with Gasteiger partial charge in [0.1, 0.15) is 11.4 Å². The Labute approximate surface area is 141 Å². The molecule has 2 aromatic rings. The first kappa shape index (κ1) is 17.0. The molecule has 1 aliphatic heterocycles. The zero-order chi connectivity index (χ0) is 17.9. The second-order valence-corrected chi connectivity index (χ2v) is 5.14. The molecular weight excluding hydrogens is 339 g/mol. The summed E-state index contributed by atoms with van der Waals surface area (Å²) in [6.45, 7) is 0.152. The van der Waals surface area contributed by atoms with Crippen LogP contribution in [0.3, 0.4) is 0 Å². The van der Waals surface area contributed by atoms with Gasteiger partial charge in [-0.2, -0.15) is 0 Å². The van der Waals surface area contributed by atoms with E-state index in [0.29, 0.717) is 11.4 Å². The van der Waals surface area contributed by atoms with E-state index in [9.17, 15) is 13.2 Å². The smallest absolute Gasteiger partial charge is 0.406 e. The topological polar surface area (TPSA) is 64.8 Å². The van der Waals surface area contributed by atoms with Crippen molar-refractivity contribution >= 4 is 6.21 Å². The van der Waals surface area contributed by atoms with Gasteiger partial charge < -0.3 is 14.4 Å². The van der Waals surface area contributed by atoms with Gasteiger partial charge in [0.25, 0.3) is 0 Å². The Morgan fingerprint density at radius 2 is 2.12 bits per heavy atom. The molecule has 3 rings (SSSR count). The van der Waals surface area contributed by atoms with Gasteiger partial charge in [-0.25, -0.2) is 9.67 Å². The summed E-state index contributed by atoms with van der Waals surface area (Å²) >= 11 is 0. The third kappa shape index (κ3) is 4.57. The van der Waals surface area contributed by atoms with Crippen LogP contribution in [0.15, 0.2) is 47.7 Å². The molecule has 0 bridgehead atoms. The minimum absolute atomic E-state index is 0.152. The second-order valence-electron chi connectivity index (χ2n) is 5.14. The van der Waals surface area contributed by atoms with Crippen LogP contribution in [0.1, 0.15) is 5.69 Å². The van der Waals surface area contributed by atoms with Gasteiger partial charge in [-0.15, -0.1) is 18.3 Å². The fourth-order valence-electron chi connectivity index (χ4n) is 2.11. The van der Waals surface area contributed by atoms with Gasteiger partial charge in [0.15, 0.2) is 0 Å². The molecule has 7 nitrogen and oxygen atoms in total. The maximum Gasteiger partial charge on any atom is 0.573 e. The van der Waals surface area contributed by atoms with E-state index in [4.69, 9.17) is 4.74 Å². The summed E-state index contributed by atoms with van der Waals surface area (Å²) < 4.78 is 47.7. The van der Waals surface area contributed by atoms with Crippen LogP contribution in [0.5, 0.6) is 5.75 Å². The molecule has 0 saturated heterocycles. The van der Waals surface area contributed by atoms with Gasteiger partial charge in [-0.3, -0.25) is 0 Å². The first-order valence-corrected chi connectivity index (χ1v) is 7.22. The number of hydrogen-bond donors (Lipinski definition) is 0. The molecule has 132 valence electrons. The molecular formula is C15H14F3N5O2. The molecule has 0 N–H and O–H groups in total. The molecule has 1 aromatic carbocycles. The fraction of sp³-hybridized carbons (Fsp3) is 0.267. The zero-order valence-electron chi connectivity index (χ0n) is 13.1. The van der Waals surface area contributed by atoms with Crippen LogP contribution in [-0.4, -0.2) is 45.9 Å². The number of nitrogens with zero attached hydrogens (tertiary/aromatic N) is 5. The van der Waals surface area contributed by atoms with Gasteiger partial charge in [0.05, 0.1) is 18.5 Å². The number of allylic oxidation sites excluding steroid dienone is 1. The lowest BCUT2D eigenvalue weighted by Gasteiger charge is -2.24. The fourth-order valence-corrected chi connectivity index (χ4v) is 2.11. The molecule has 25 heavy (non-hydrogen) atoms. The maximum atomic E-state index is 12.3. The average Bonchev–Trinajstić information content (AvgIpc) is 3.02. The van der Waals surface area contributed by atoms with Gasteiger partial charge in [-0.05, 0) is 18.2 Å². The molecule has 0 fully saturated rings. The molecule has 1 aliphatic rings. The van der Waals surface area contributed by atoms with Crippen molar-refractivity contribution < 1.29 is 22.6 Å². The summed E-state index contributed by atoms with van der Waals surface area (Å²) in [5.41, 5.74) is 0.900. The molecule has 0 saturated carbocycles. The number of alkyl halides is 3. The van der Waals surface area contributed by atoms with E-state index in [1.54, 1.807) is 29.5 Å². The number of aromatic nitrogens is 3. The quantitative estimate of drug-likeness (QED) is 0.826. The average molecular weight is 353 g/mol. The van der Waals surface area contributed by atoms with Crippen LogP contribution >= 0.6 is 0 Å². The molecule has 1 aromatic heterocycles. The summed E-state index contributed by atoms with van der Waals surface area (Å²) in [5, 5.41) is 7.83. The van der Waals surface area contributed by atoms with E-state index in [0.717, 1.165) is 0 Å². The van der Waals surface area contributed by atoms with Crippen LogP contribution in [0.25, 0.3) is 5.69 Å². The summed E-state index contributed by atoms with van der Waals surface area (Å²) in [7, 11) is 1.82. The van der Waals surface area contributed by atoms with Crippen LogP contribution in [0.2, 0.25) is 0 Å². The SMILES string of the molecule is CN1C=CC=NC1OCc1cn(-c2cccc(OC(F)(F)F)c2)nn1. The predicted molar refractivity (Wildman–Crippen MR) is 82.0 cm³/mol. The van der Waals surface area contributed by atoms with E-state index in [2.05, 4.69) is 20.0 Å². The Morgan fingerprint density at radius 1 is 1.28 bits per heavy atom. The van der Waals surface area contributed by atoms with Crippen LogP contribution in [-0.2, 0) is 11.3 Å². The first-order chi connectivity index (χ1) is 11.9. The van der Waals surface area contributed by atoms with Gasteiger partial charge >= 0.3 is 6.36 Å². The summed E-state index contributed by atoms with van der Waals surface area (Å²) in [6.07, 6.45) is 1.59. The van der Waals surface area contributed by atoms with Gasteiger partial charge in [0, 0.05) is 25.5 Å². The van der Waals surface area contributed by atoms with Crippen molar-refractivity contribution in [2.75, 3.05) is 7.05 Å². The van der Waals surface area contributed by atoms with E-state index >= 15 is 0 Å². The van der Waals surface area contributed by atoms with Crippen LogP contribution in [0, 0.1) is 0 Å². The maximum absolute atomic E-state index is 12.3. The zero-order valence-corrected chi connectivity index (χ0v) is 13.1. The number of hydrogen-bond acceptors (Lipinski definition) is 6. The van der Waals surface area contributed by atoms with Gasteiger partial charge in [-0.1, -0.05) is 11.3 Å². The third-order valence-electron chi connectivity index (χ3n) is 3.21. The van der Waals surface area contributed by atoms with E-state index in [-0.39, 0.29) is 12.4 Å². The first-order valence-electron chi connectivity index (χ1n) is 7.22. The van der Waals surface area contributed by atoms with Crippen LogP contribution < -0.4 is 4.74 Å². The van der Waals surface area contributed by atoms with E-state index < -0.39 is 12.7 Å². The standard InChI is InChI=1S/C15H14F3N5O2/c1-22-7-3-6-19-14(22)24-10-11-9-23(21-20-11)12-4-2-5-13(8-12)25-15(16,17)18/h2-9,14H,10H2,1H3. The van der Waals surface area contributed by atoms with E-state index in [1.165, 1.54) is 22.9 Å². The highest BCUT2D eigenvalue weighted by Crippen LogP contribution is 2.24. The predicted octanol–water partition coefficient (Wildman–Crippen LogP) is 2.50. The monoisotopic (exact) mass is 353 g/mol. The third-order valence-corrected chi connectivity index (χ3v) is 3.21. The van der Waals surface area contributed by atoms with Crippen molar-refractivity contribution in [1.82, 2.24) is 19.9 Å². The van der Waals surface area contributed by atoms with Crippen molar-refractivity contribution in [2.24, 2.45) is 4.99 Å². The molecule has 2 heterocycles. The molecule has 1 unspecified atom stereocenters. The Hall–Kier alpha value is -2.88. The number of rotatable bonds is 5. The Morgan fingerprint density at radius 3 is 2.88 bits per heavy atom. The molecule has 0 radical (unpaired) electrons. The number of halogens is 3. The van der Waals surface area contributed by atoms with Crippen molar-refractivity contribution in [3.63, 3.8) is 0 Å². The largest absolute Gasteiger partial charge is 0.573 e. The minimum atomic E-state index is -4.75. The highest BCUT2D eigenvalue weighted by atomic mass is 19.4. The highest BCUT2D eigenvalue weighted by Gasteiger charge is 2.31. The normalized spacial score (nSPS) is 17.1. The van der Waals surface area contributed by atoms with Crippen molar-refractivity contribution in [2.45, 2.75) is 19.3 Å². The highest BCUT2D eigenvalue weighted by molar-refractivity contribution is 5.71. The lowest BCUT2D eigenvalue weighted by Crippen LogP contribution is -2.29. The Balaban J connectivity index is 1.66. The number of aliphatic imine (C=N–C) groups is 1. The number of benzene rings is 1. The van der Waals surface area contributed by atoms with Crippen molar-refractivity contribution in [3.8, 4) is 11.4 Å². The number of ether oxygens (including phenoxy) is 2. The molecule has 1 atom stereocenters. The van der Waals surface area contributed by atoms with E-state index in [1.807, 2.05) is 13.2 Å². The summed E-state index contributed by atoms with van der Waals surface area (Å²) in [4.78, 5) is 5.93. The van der Waals surface area contributed by atoms with Crippen molar-refractivity contribution in [1.29, 1.82) is 0 Å². The van der Waals surface area contributed by atoms with Crippen LogP contribution in [0.4, 0.5) is 13.2 Å². The minimum Gasteiger partial charge on any atom is -0.406 e. The Bertz CT molecular complexity index is 787. The molecule has 10 heteroatoms. The lowest BCUT2D eigenvalue weighted by molar-refractivity contribution is -0.274. The molecule has 0 amide bonds. The molecule has 0 spiro atoms. The summed E-state index contributed by atoms with van der Waals surface area (Å²) in [6, 6.07) is 5.46. The van der Waals surface area contributed by atoms with Crippen molar-refractivity contribution in [3.05, 3.63) is 48.4 Å². The second kappa shape index (κ2) is 6.93. The summed E-state index contributed by atoms with van der Waals surface area (Å²) in [5.74, 6) is -0.330. The molecule has 0 aliphatic carbocycles. The van der Waals surface area contributed by atoms with Gasteiger partial charge in [0.2, 0.25) is 6.35 Å².